The minimum absolute atomic E-state index is 0.130. The van der Waals surface area contributed by atoms with Gasteiger partial charge < -0.3 is 15.8 Å². The van der Waals surface area contributed by atoms with Crippen LogP contribution < -0.4 is 15.8 Å². The van der Waals surface area contributed by atoms with Gasteiger partial charge in [0.15, 0.2) is 0 Å². The zero-order valence-electron chi connectivity index (χ0n) is 10.7. The fourth-order valence-corrected chi connectivity index (χ4v) is 2.40. The highest BCUT2D eigenvalue weighted by Gasteiger charge is 2.47. The van der Waals surface area contributed by atoms with E-state index < -0.39 is 0 Å². The Morgan fingerprint density at radius 1 is 1.35 bits per heavy atom. The first kappa shape index (κ1) is 12.4. The molecule has 0 aromatic heterocycles. The quantitative estimate of drug-likeness (QED) is 0.792. The van der Waals surface area contributed by atoms with Crippen LogP contribution in [0.3, 0.4) is 0 Å². The molecule has 0 bridgehead atoms. The van der Waals surface area contributed by atoms with E-state index in [2.05, 4.69) is 17.4 Å². The Bertz CT molecular complexity index is 357. The predicted molar refractivity (Wildman–Crippen MR) is 70.1 cm³/mol. The van der Waals surface area contributed by atoms with E-state index in [1.54, 1.807) is 0 Å². The fourth-order valence-electron chi connectivity index (χ4n) is 2.40. The van der Waals surface area contributed by atoms with E-state index in [-0.39, 0.29) is 11.5 Å². The Morgan fingerprint density at radius 2 is 2.00 bits per heavy atom. The summed E-state index contributed by atoms with van der Waals surface area (Å²) in [5.74, 6) is 0.918. The molecule has 1 aromatic rings. The lowest BCUT2D eigenvalue weighted by Gasteiger charge is -2.23. The first-order valence-corrected chi connectivity index (χ1v) is 6.35. The topological polar surface area (TPSA) is 47.3 Å². The van der Waals surface area contributed by atoms with E-state index in [9.17, 15) is 0 Å². The van der Waals surface area contributed by atoms with E-state index in [0.29, 0.717) is 6.61 Å². The van der Waals surface area contributed by atoms with Crippen molar-refractivity contribution < 1.29 is 4.74 Å². The average molecular weight is 234 g/mol. The van der Waals surface area contributed by atoms with Crippen LogP contribution in [0.2, 0.25) is 0 Å². The molecule has 0 aliphatic heterocycles. The van der Waals surface area contributed by atoms with Crippen molar-refractivity contribution in [3.63, 3.8) is 0 Å². The molecule has 1 atom stereocenters. The van der Waals surface area contributed by atoms with E-state index >= 15 is 0 Å². The molecule has 1 aromatic carbocycles. The van der Waals surface area contributed by atoms with E-state index in [0.717, 1.165) is 12.3 Å². The van der Waals surface area contributed by atoms with Gasteiger partial charge in [-0.1, -0.05) is 12.1 Å². The summed E-state index contributed by atoms with van der Waals surface area (Å²) in [7, 11) is 1.99. The van der Waals surface area contributed by atoms with Crippen LogP contribution in [-0.2, 0) is 0 Å². The molecule has 1 aliphatic rings. The maximum atomic E-state index is 6.36. The molecule has 17 heavy (non-hydrogen) atoms. The lowest BCUT2D eigenvalue weighted by Crippen LogP contribution is -2.31. The highest BCUT2D eigenvalue weighted by molar-refractivity contribution is 5.31. The molecule has 94 valence electrons. The molecule has 3 heteroatoms. The van der Waals surface area contributed by atoms with E-state index in [4.69, 9.17) is 10.5 Å². The van der Waals surface area contributed by atoms with Crippen molar-refractivity contribution in [1.29, 1.82) is 0 Å². The van der Waals surface area contributed by atoms with Gasteiger partial charge in [-0.25, -0.2) is 0 Å². The second kappa shape index (κ2) is 5.07. The van der Waals surface area contributed by atoms with Gasteiger partial charge in [0.2, 0.25) is 0 Å². The molecule has 0 heterocycles. The van der Waals surface area contributed by atoms with Gasteiger partial charge in [0, 0.05) is 18.0 Å². The minimum Gasteiger partial charge on any atom is -0.494 e. The highest BCUT2D eigenvalue weighted by Crippen LogP contribution is 2.53. The molecule has 3 nitrogen and oxygen atoms in total. The molecular formula is C14H22N2O. The second-order valence-electron chi connectivity index (χ2n) is 4.87. The molecule has 3 N–H and O–H groups in total. The smallest absolute Gasteiger partial charge is 0.119 e. The summed E-state index contributed by atoms with van der Waals surface area (Å²) in [5.41, 5.74) is 7.85. The van der Waals surface area contributed by atoms with Crippen LogP contribution in [0, 0.1) is 5.41 Å². The summed E-state index contributed by atoms with van der Waals surface area (Å²) in [6, 6.07) is 8.32. The normalized spacial score (nSPS) is 18.8. The largest absolute Gasteiger partial charge is 0.494 e. The molecule has 1 fully saturated rings. The third-order valence-electron chi connectivity index (χ3n) is 3.63. The Balaban J connectivity index is 2.06. The summed E-state index contributed by atoms with van der Waals surface area (Å²) in [5, 5.41) is 3.25. The van der Waals surface area contributed by atoms with E-state index in [1.807, 2.05) is 26.1 Å². The molecule has 1 unspecified atom stereocenters. The SMILES string of the molecule is CCOc1ccc(C(N)C2(CNC)CC2)cc1. The van der Waals surface area contributed by atoms with Crippen molar-refractivity contribution in [1.82, 2.24) is 5.32 Å². The highest BCUT2D eigenvalue weighted by atomic mass is 16.5. The standard InChI is InChI=1S/C14H22N2O/c1-3-17-12-6-4-11(5-7-12)13(15)14(8-9-14)10-16-2/h4-7,13,16H,3,8-10,15H2,1-2H3. The van der Waals surface area contributed by atoms with Crippen molar-refractivity contribution in [2.75, 3.05) is 20.2 Å². The van der Waals surface area contributed by atoms with Gasteiger partial charge in [0.1, 0.15) is 5.75 Å². The van der Waals surface area contributed by atoms with Crippen molar-refractivity contribution in [2.45, 2.75) is 25.8 Å². The maximum absolute atomic E-state index is 6.36. The number of ether oxygens (including phenoxy) is 1. The van der Waals surface area contributed by atoms with Crippen molar-refractivity contribution in [3.05, 3.63) is 29.8 Å². The first-order chi connectivity index (χ1) is 8.22. The molecule has 0 saturated heterocycles. The molecule has 1 saturated carbocycles. The second-order valence-corrected chi connectivity index (χ2v) is 4.87. The Kier molecular flexibility index (Phi) is 3.69. The van der Waals surface area contributed by atoms with Crippen molar-refractivity contribution in [2.24, 2.45) is 11.1 Å². The summed E-state index contributed by atoms with van der Waals surface area (Å²) in [4.78, 5) is 0. The monoisotopic (exact) mass is 234 g/mol. The van der Waals surface area contributed by atoms with Crippen molar-refractivity contribution in [3.8, 4) is 5.75 Å². The van der Waals surface area contributed by atoms with Crippen LogP contribution in [0.25, 0.3) is 0 Å². The number of nitrogens with one attached hydrogen (secondary N) is 1. The number of hydrogen-bond donors (Lipinski definition) is 2. The number of benzene rings is 1. The van der Waals surface area contributed by atoms with Gasteiger partial charge >= 0.3 is 0 Å². The predicted octanol–water partition coefficient (Wildman–Crippen LogP) is 2.08. The van der Waals surface area contributed by atoms with Gasteiger partial charge in [0.25, 0.3) is 0 Å². The van der Waals surface area contributed by atoms with Crippen molar-refractivity contribution >= 4 is 0 Å². The molecule has 0 amide bonds. The zero-order valence-corrected chi connectivity index (χ0v) is 10.7. The van der Waals surface area contributed by atoms with Gasteiger partial charge in [-0.2, -0.15) is 0 Å². The Labute approximate surface area is 103 Å². The average Bonchev–Trinajstić information content (AvgIpc) is 3.11. The number of hydrogen-bond acceptors (Lipinski definition) is 3. The van der Waals surface area contributed by atoms with Crippen LogP contribution in [0.4, 0.5) is 0 Å². The third-order valence-corrected chi connectivity index (χ3v) is 3.63. The number of rotatable bonds is 6. The lowest BCUT2D eigenvalue weighted by atomic mass is 9.91. The maximum Gasteiger partial charge on any atom is 0.119 e. The fraction of sp³-hybridized carbons (Fsp3) is 0.571. The van der Waals surface area contributed by atoms with Crippen LogP contribution >= 0.6 is 0 Å². The lowest BCUT2D eigenvalue weighted by molar-refractivity contribution is 0.339. The van der Waals surface area contributed by atoms with Crippen LogP contribution in [0.5, 0.6) is 5.75 Å². The van der Waals surface area contributed by atoms with Gasteiger partial charge in [-0.05, 0) is 44.5 Å². The zero-order chi connectivity index (χ0) is 12.3. The van der Waals surface area contributed by atoms with Gasteiger partial charge in [-0.15, -0.1) is 0 Å². The van der Waals surface area contributed by atoms with Crippen LogP contribution in [-0.4, -0.2) is 20.2 Å². The molecule has 0 spiro atoms. The van der Waals surface area contributed by atoms with Gasteiger partial charge in [-0.3, -0.25) is 0 Å². The van der Waals surface area contributed by atoms with Crippen LogP contribution in [0.1, 0.15) is 31.4 Å². The summed E-state index contributed by atoms with van der Waals surface area (Å²) < 4.78 is 5.44. The van der Waals surface area contributed by atoms with Gasteiger partial charge in [0.05, 0.1) is 6.61 Å². The molecular weight excluding hydrogens is 212 g/mol. The molecule has 0 radical (unpaired) electrons. The Morgan fingerprint density at radius 3 is 2.47 bits per heavy atom. The minimum atomic E-state index is 0.130. The van der Waals surface area contributed by atoms with E-state index in [1.165, 1.54) is 18.4 Å². The summed E-state index contributed by atoms with van der Waals surface area (Å²) >= 11 is 0. The molecule has 1 aliphatic carbocycles. The third kappa shape index (κ3) is 2.61. The first-order valence-electron chi connectivity index (χ1n) is 6.35. The number of nitrogens with two attached hydrogens (primary N) is 1. The Hall–Kier alpha value is -1.06. The molecule has 2 rings (SSSR count). The van der Waals surface area contributed by atoms with Crippen LogP contribution in [0.15, 0.2) is 24.3 Å². The summed E-state index contributed by atoms with van der Waals surface area (Å²) in [6.07, 6.45) is 2.45. The summed E-state index contributed by atoms with van der Waals surface area (Å²) in [6.45, 7) is 3.70.